The summed E-state index contributed by atoms with van der Waals surface area (Å²) in [4.78, 5) is 0. The summed E-state index contributed by atoms with van der Waals surface area (Å²) in [7, 11) is 0. The fraction of sp³-hybridized carbons (Fsp3) is 0.111. The second-order valence-electron chi connectivity index (χ2n) is 5.33. The largest absolute Gasteiger partial charge is 0.467 e. The van der Waals surface area contributed by atoms with Crippen LogP contribution >= 0.6 is 11.8 Å². The molecule has 0 saturated heterocycles. The summed E-state index contributed by atoms with van der Waals surface area (Å²) in [6, 6.07) is 14.1. The van der Waals surface area contributed by atoms with Gasteiger partial charge in [0.05, 0.1) is 19.1 Å². The normalized spacial score (nSPS) is 11.1. The van der Waals surface area contributed by atoms with Crippen molar-refractivity contribution in [1.82, 2.24) is 14.8 Å². The number of halogens is 1. The fourth-order valence-electron chi connectivity index (χ4n) is 2.44. The number of furan rings is 2. The average Bonchev–Trinajstić information content (AvgIpc) is 3.37. The molecule has 3 aromatic heterocycles. The van der Waals surface area contributed by atoms with E-state index in [4.69, 9.17) is 8.83 Å². The highest BCUT2D eigenvalue weighted by molar-refractivity contribution is 7.98. The van der Waals surface area contributed by atoms with Crippen LogP contribution in [-0.4, -0.2) is 14.8 Å². The fourth-order valence-corrected chi connectivity index (χ4v) is 3.37. The smallest absolute Gasteiger partial charge is 0.200 e. The molecule has 3 heterocycles. The molecule has 0 N–H and O–H groups in total. The van der Waals surface area contributed by atoms with Crippen molar-refractivity contribution < 1.29 is 13.2 Å². The van der Waals surface area contributed by atoms with Crippen molar-refractivity contribution in [3.05, 3.63) is 78.2 Å². The van der Waals surface area contributed by atoms with Crippen LogP contribution in [0, 0.1) is 5.82 Å². The van der Waals surface area contributed by atoms with E-state index < -0.39 is 0 Å². The Labute approximate surface area is 147 Å². The molecule has 0 aliphatic carbocycles. The van der Waals surface area contributed by atoms with Gasteiger partial charge in [0.25, 0.3) is 0 Å². The van der Waals surface area contributed by atoms with Gasteiger partial charge < -0.3 is 8.83 Å². The molecule has 0 spiro atoms. The molecule has 0 saturated carbocycles. The Kier molecular flexibility index (Phi) is 4.39. The maximum Gasteiger partial charge on any atom is 0.200 e. The van der Waals surface area contributed by atoms with Crippen LogP contribution in [0.2, 0.25) is 0 Å². The van der Waals surface area contributed by atoms with E-state index >= 15 is 0 Å². The summed E-state index contributed by atoms with van der Waals surface area (Å²) in [5.41, 5.74) is 0.625. The summed E-state index contributed by atoms with van der Waals surface area (Å²) in [6.45, 7) is 0.468. The van der Waals surface area contributed by atoms with Gasteiger partial charge in [-0.05, 0) is 35.9 Å². The number of benzene rings is 1. The molecule has 0 fully saturated rings. The maximum atomic E-state index is 13.8. The molecule has 4 rings (SSSR count). The van der Waals surface area contributed by atoms with Crippen LogP contribution < -0.4 is 0 Å². The minimum atomic E-state index is -0.224. The van der Waals surface area contributed by atoms with Crippen molar-refractivity contribution >= 4 is 11.8 Å². The Hall–Kier alpha value is -2.80. The summed E-state index contributed by atoms with van der Waals surface area (Å²) in [5.74, 6) is 2.24. The zero-order valence-electron chi connectivity index (χ0n) is 13.1. The highest BCUT2D eigenvalue weighted by atomic mass is 32.2. The molecule has 1 aromatic carbocycles. The lowest BCUT2D eigenvalue weighted by atomic mass is 10.2. The number of hydrogen-bond acceptors (Lipinski definition) is 5. The van der Waals surface area contributed by atoms with Crippen LogP contribution in [0.4, 0.5) is 4.39 Å². The van der Waals surface area contributed by atoms with Crippen LogP contribution in [-0.2, 0) is 12.3 Å². The van der Waals surface area contributed by atoms with Gasteiger partial charge in [0.15, 0.2) is 10.9 Å². The Balaban J connectivity index is 1.64. The Morgan fingerprint density at radius 1 is 0.960 bits per heavy atom. The lowest BCUT2D eigenvalue weighted by Crippen LogP contribution is -2.03. The van der Waals surface area contributed by atoms with Crippen LogP contribution in [0.15, 0.2) is 75.0 Å². The van der Waals surface area contributed by atoms with Crippen LogP contribution in [0.25, 0.3) is 11.6 Å². The quantitative estimate of drug-likeness (QED) is 0.473. The monoisotopic (exact) mass is 355 g/mol. The van der Waals surface area contributed by atoms with Gasteiger partial charge in [0.1, 0.15) is 11.6 Å². The standard InChI is InChI=1S/C18H14FN3O2S/c19-15-7-2-1-5-13(15)12-25-18-21-20-17(16-8-4-10-24-16)22(18)11-14-6-3-9-23-14/h1-10H,11-12H2. The second kappa shape index (κ2) is 6.98. The Morgan fingerprint density at radius 3 is 2.56 bits per heavy atom. The van der Waals surface area contributed by atoms with Gasteiger partial charge >= 0.3 is 0 Å². The zero-order valence-corrected chi connectivity index (χ0v) is 13.9. The molecule has 4 aromatic rings. The molecule has 0 amide bonds. The first-order chi connectivity index (χ1) is 12.3. The maximum absolute atomic E-state index is 13.8. The third kappa shape index (κ3) is 3.36. The predicted molar refractivity (Wildman–Crippen MR) is 91.5 cm³/mol. The summed E-state index contributed by atoms with van der Waals surface area (Å²) < 4.78 is 26.6. The van der Waals surface area contributed by atoms with Gasteiger partial charge in [-0.15, -0.1) is 10.2 Å². The van der Waals surface area contributed by atoms with E-state index in [-0.39, 0.29) is 5.82 Å². The average molecular weight is 355 g/mol. The third-order valence-corrected chi connectivity index (χ3v) is 4.68. The van der Waals surface area contributed by atoms with E-state index in [1.54, 1.807) is 30.7 Å². The molecule has 0 unspecified atom stereocenters. The van der Waals surface area contributed by atoms with E-state index in [9.17, 15) is 4.39 Å². The topological polar surface area (TPSA) is 57.0 Å². The molecule has 0 bridgehead atoms. The van der Waals surface area contributed by atoms with Crippen molar-refractivity contribution in [2.24, 2.45) is 0 Å². The first-order valence-electron chi connectivity index (χ1n) is 7.67. The number of rotatable bonds is 6. The van der Waals surface area contributed by atoms with Crippen LogP contribution in [0.3, 0.4) is 0 Å². The van der Waals surface area contributed by atoms with Crippen molar-refractivity contribution in [2.75, 3.05) is 0 Å². The van der Waals surface area contributed by atoms with Gasteiger partial charge in [-0.25, -0.2) is 4.39 Å². The van der Waals surface area contributed by atoms with E-state index in [0.29, 0.717) is 34.6 Å². The Morgan fingerprint density at radius 2 is 1.80 bits per heavy atom. The van der Waals surface area contributed by atoms with E-state index in [1.165, 1.54) is 17.8 Å². The Bertz CT molecular complexity index is 949. The first kappa shape index (κ1) is 15.7. The van der Waals surface area contributed by atoms with E-state index in [1.807, 2.05) is 28.8 Å². The number of hydrogen-bond donors (Lipinski definition) is 0. The van der Waals surface area contributed by atoms with Gasteiger partial charge in [0, 0.05) is 5.75 Å². The molecule has 0 aliphatic heterocycles. The van der Waals surface area contributed by atoms with Gasteiger partial charge in [0.2, 0.25) is 5.82 Å². The van der Waals surface area contributed by atoms with E-state index in [2.05, 4.69) is 10.2 Å². The summed E-state index contributed by atoms with van der Waals surface area (Å²) in [6.07, 6.45) is 3.21. The molecule has 0 radical (unpaired) electrons. The van der Waals surface area contributed by atoms with Crippen LogP contribution in [0.5, 0.6) is 0 Å². The zero-order chi connectivity index (χ0) is 17.1. The number of aromatic nitrogens is 3. The van der Waals surface area contributed by atoms with Crippen molar-refractivity contribution in [1.29, 1.82) is 0 Å². The van der Waals surface area contributed by atoms with Crippen molar-refractivity contribution in [3.8, 4) is 11.6 Å². The highest BCUT2D eigenvalue weighted by Crippen LogP contribution is 2.28. The first-order valence-corrected chi connectivity index (χ1v) is 8.65. The third-order valence-electron chi connectivity index (χ3n) is 3.67. The molecule has 25 heavy (non-hydrogen) atoms. The summed E-state index contributed by atoms with van der Waals surface area (Å²) in [5, 5.41) is 9.16. The molecule has 7 heteroatoms. The number of nitrogens with zero attached hydrogens (tertiary/aromatic N) is 3. The lowest BCUT2D eigenvalue weighted by Gasteiger charge is -2.08. The van der Waals surface area contributed by atoms with Crippen molar-refractivity contribution in [2.45, 2.75) is 17.5 Å². The molecule has 5 nitrogen and oxygen atoms in total. The van der Waals surface area contributed by atoms with Crippen LogP contribution in [0.1, 0.15) is 11.3 Å². The minimum Gasteiger partial charge on any atom is -0.467 e. The molecular formula is C18H14FN3O2S. The highest BCUT2D eigenvalue weighted by Gasteiger charge is 2.18. The minimum absolute atomic E-state index is 0.224. The lowest BCUT2D eigenvalue weighted by molar-refractivity contribution is 0.482. The van der Waals surface area contributed by atoms with Gasteiger partial charge in [-0.1, -0.05) is 30.0 Å². The number of thioether (sulfide) groups is 1. The SMILES string of the molecule is Fc1ccccc1CSc1nnc(-c2ccco2)n1Cc1ccco1. The van der Waals surface area contributed by atoms with Crippen molar-refractivity contribution in [3.63, 3.8) is 0 Å². The molecule has 0 aliphatic rings. The molecular weight excluding hydrogens is 341 g/mol. The second-order valence-corrected chi connectivity index (χ2v) is 6.27. The summed E-state index contributed by atoms with van der Waals surface area (Å²) >= 11 is 1.42. The van der Waals surface area contributed by atoms with E-state index in [0.717, 1.165) is 5.76 Å². The molecule has 126 valence electrons. The molecule has 0 atom stereocenters. The van der Waals surface area contributed by atoms with Gasteiger partial charge in [-0.2, -0.15) is 0 Å². The van der Waals surface area contributed by atoms with Gasteiger partial charge in [-0.3, -0.25) is 4.57 Å². The predicted octanol–water partition coefficient (Wildman–Crippen LogP) is 4.61.